The third-order valence-electron chi connectivity index (χ3n) is 4.06. The van der Waals surface area contributed by atoms with Crippen LogP contribution in [0.5, 0.6) is 0 Å². The first-order valence-corrected chi connectivity index (χ1v) is 8.40. The van der Waals surface area contributed by atoms with Crippen LogP contribution in [0.15, 0.2) is 36.4 Å². The van der Waals surface area contributed by atoms with E-state index in [9.17, 15) is 4.39 Å². The Hall–Kier alpha value is -1.05. The number of rotatable bonds is 6. The van der Waals surface area contributed by atoms with Crippen molar-refractivity contribution in [3.05, 3.63) is 69.0 Å². The lowest BCUT2D eigenvalue weighted by Gasteiger charge is -2.12. The lowest BCUT2D eigenvalue weighted by atomic mass is 9.94. The average molecular weight is 339 g/mol. The van der Waals surface area contributed by atoms with Crippen LogP contribution in [0.4, 0.5) is 4.39 Å². The fourth-order valence-corrected chi connectivity index (χ4v) is 2.85. The van der Waals surface area contributed by atoms with E-state index < -0.39 is 0 Å². The Bertz CT molecular complexity index is 582. The third-order valence-corrected chi connectivity index (χ3v) is 4.80. The molecule has 0 saturated carbocycles. The summed E-state index contributed by atoms with van der Waals surface area (Å²) in [6, 6.07) is 11.2. The van der Waals surface area contributed by atoms with Crippen molar-refractivity contribution in [2.75, 3.05) is 0 Å². The monoisotopic (exact) mass is 338 g/mol. The van der Waals surface area contributed by atoms with Crippen molar-refractivity contribution in [2.24, 2.45) is 5.92 Å². The first kappa shape index (κ1) is 17.3. The van der Waals surface area contributed by atoms with E-state index in [4.69, 9.17) is 23.2 Å². The van der Waals surface area contributed by atoms with Crippen molar-refractivity contribution >= 4 is 23.2 Å². The number of benzene rings is 2. The SMILES string of the molecule is Cc1cc(CCC(C)CCc2ccc(Cl)c(Cl)c2)ccc1F. The molecule has 2 rings (SSSR count). The van der Waals surface area contributed by atoms with Gasteiger partial charge in [-0.05, 0) is 73.4 Å². The van der Waals surface area contributed by atoms with E-state index in [-0.39, 0.29) is 5.82 Å². The standard InChI is InChI=1S/C19H21Cl2F/c1-13(3-5-15-8-10-19(22)14(2)11-15)4-6-16-7-9-17(20)18(21)12-16/h7-13H,3-6H2,1-2H3. The van der Waals surface area contributed by atoms with Gasteiger partial charge in [0.15, 0.2) is 0 Å². The summed E-state index contributed by atoms with van der Waals surface area (Å²) in [6.07, 6.45) is 4.20. The molecule has 3 heteroatoms. The van der Waals surface area contributed by atoms with Crippen molar-refractivity contribution in [1.82, 2.24) is 0 Å². The molecule has 118 valence electrons. The molecule has 2 aromatic rings. The second-order valence-electron chi connectivity index (χ2n) is 6.01. The van der Waals surface area contributed by atoms with Crippen LogP contribution in [0, 0.1) is 18.7 Å². The Labute approximate surface area is 142 Å². The summed E-state index contributed by atoms with van der Waals surface area (Å²) in [7, 11) is 0. The number of halogens is 3. The lowest BCUT2D eigenvalue weighted by molar-refractivity contribution is 0.492. The Balaban J connectivity index is 1.81. The van der Waals surface area contributed by atoms with Gasteiger partial charge in [0.2, 0.25) is 0 Å². The molecule has 0 aliphatic heterocycles. The molecule has 0 radical (unpaired) electrons. The highest BCUT2D eigenvalue weighted by Crippen LogP contribution is 2.24. The van der Waals surface area contributed by atoms with Crippen LogP contribution >= 0.6 is 23.2 Å². The zero-order valence-corrected chi connectivity index (χ0v) is 14.5. The summed E-state index contributed by atoms with van der Waals surface area (Å²) < 4.78 is 13.2. The van der Waals surface area contributed by atoms with Crippen molar-refractivity contribution in [3.8, 4) is 0 Å². The maximum Gasteiger partial charge on any atom is 0.126 e. The van der Waals surface area contributed by atoms with Gasteiger partial charge in [0.1, 0.15) is 5.82 Å². The Kier molecular flexibility index (Phi) is 6.28. The molecular weight excluding hydrogens is 318 g/mol. The van der Waals surface area contributed by atoms with Crippen molar-refractivity contribution in [2.45, 2.75) is 39.5 Å². The van der Waals surface area contributed by atoms with Gasteiger partial charge in [-0.25, -0.2) is 4.39 Å². The Morgan fingerprint density at radius 2 is 1.50 bits per heavy atom. The minimum absolute atomic E-state index is 0.128. The largest absolute Gasteiger partial charge is 0.207 e. The van der Waals surface area contributed by atoms with E-state index in [2.05, 4.69) is 6.92 Å². The molecule has 0 nitrogen and oxygen atoms in total. The fourth-order valence-electron chi connectivity index (χ4n) is 2.53. The van der Waals surface area contributed by atoms with E-state index in [1.807, 2.05) is 37.3 Å². The van der Waals surface area contributed by atoms with Gasteiger partial charge in [0.05, 0.1) is 10.0 Å². The fraction of sp³-hybridized carbons (Fsp3) is 0.368. The van der Waals surface area contributed by atoms with E-state index in [0.29, 0.717) is 16.0 Å². The van der Waals surface area contributed by atoms with Gasteiger partial charge >= 0.3 is 0 Å². The van der Waals surface area contributed by atoms with Crippen LogP contribution in [-0.4, -0.2) is 0 Å². The van der Waals surface area contributed by atoms with Crippen LogP contribution in [-0.2, 0) is 12.8 Å². The van der Waals surface area contributed by atoms with Crippen molar-refractivity contribution < 1.29 is 4.39 Å². The Morgan fingerprint density at radius 3 is 2.09 bits per heavy atom. The molecule has 0 saturated heterocycles. The summed E-state index contributed by atoms with van der Waals surface area (Å²) in [5, 5.41) is 1.22. The zero-order valence-electron chi connectivity index (χ0n) is 13.0. The van der Waals surface area contributed by atoms with Crippen molar-refractivity contribution in [3.63, 3.8) is 0 Å². The topological polar surface area (TPSA) is 0 Å². The number of hydrogen-bond donors (Lipinski definition) is 0. The van der Waals surface area contributed by atoms with Gasteiger partial charge < -0.3 is 0 Å². The molecule has 0 N–H and O–H groups in total. The molecule has 0 bridgehead atoms. The second kappa shape index (κ2) is 7.99. The van der Waals surface area contributed by atoms with E-state index in [0.717, 1.165) is 31.2 Å². The molecule has 22 heavy (non-hydrogen) atoms. The highest BCUT2D eigenvalue weighted by Gasteiger charge is 2.06. The van der Waals surface area contributed by atoms with Gasteiger partial charge in [-0.3, -0.25) is 0 Å². The highest BCUT2D eigenvalue weighted by molar-refractivity contribution is 6.42. The zero-order chi connectivity index (χ0) is 16.1. The summed E-state index contributed by atoms with van der Waals surface area (Å²) >= 11 is 12.0. The molecular formula is C19H21Cl2F. The second-order valence-corrected chi connectivity index (χ2v) is 6.83. The minimum atomic E-state index is -0.128. The molecule has 0 aliphatic rings. The molecule has 2 aromatic carbocycles. The van der Waals surface area contributed by atoms with Crippen LogP contribution in [0.1, 0.15) is 36.5 Å². The normalized spacial score (nSPS) is 12.4. The summed E-state index contributed by atoms with van der Waals surface area (Å²) in [5.74, 6) is 0.483. The van der Waals surface area contributed by atoms with E-state index >= 15 is 0 Å². The molecule has 1 unspecified atom stereocenters. The smallest absolute Gasteiger partial charge is 0.126 e. The van der Waals surface area contributed by atoms with E-state index in [1.54, 1.807) is 6.07 Å². The average Bonchev–Trinajstić information content (AvgIpc) is 2.49. The number of aryl methyl sites for hydroxylation is 3. The molecule has 1 atom stereocenters. The quantitative estimate of drug-likeness (QED) is 0.553. The van der Waals surface area contributed by atoms with Gasteiger partial charge in [0, 0.05) is 0 Å². The summed E-state index contributed by atoms with van der Waals surface area (Å²) in [5.41, 5.74) is 3.15. The predicted molar refractivity (Wildman–Crippen MR) is 93.4 cm³/mol. The van der Waals surface area contributed by atoms with Gasteiger partial charge in [-0.15, -0.1) is 0 Å². The lowest BCUT2D eigenvalue weighted by Crippen LogP contribution is -2.00. The molecule has 0 heterocycles. The summed E-state index contributed by atoms with van der Waals surface area (Å²) in [6.45, 7) is 4.07. The predicted octanol–water partition coefficient (Wildman–Crippen LogP) is 6.64. The van der Waals surface area contributed by atoms with Crippen LogP contribution in [0.25, 0.3) is 0 Å². The van der Waals surface area contributed by atoms with Crippen molar-refractivity contribution in [1.29, 1.82) is 0 Å². The summed E-state index contributed by atoms with van der Waals surface area (Å²) in [4.78, 5) is 0. The first-order chi connectivity index (χ1) is 10.5. The molecule has 0 fully saturated rings. The third kappa shape index (κ3) is 5.00. The van der Waals surface area contributed by atoms with E-state index in [1.165, 1.54) is 11.1 Å². The Morgan fingerprint density at radius 1 is 0.909 bits per heavy atom. The highest BCUT2D eigenvalue weighted by atomic mass is 35.5. The van der Waals surface area contributed by atoms with Crippen LogP contribution in [0.2, 0.25) is 10.0 Å². The van der Waals surface area contributed by atoms with Gasteiger partial charge in [0.25, 0.3) is 0 Å². The molecule has 0 amide bonds. The molecule has 0 aromatic heterocycles. The van der Waals surface area contributed by atoms with Crippen LogP contribution < -0.4 is 0 Å². The first-order valence-electron chi connectivity index (χ1n) is 7.64. The van der Waals surface area contributed by atoms with Gasteiger partial charge in [-0.1, -0.05) is 48.3 Å². The maximum atomic E-state index is 13.2. The molecule has 0 spiro atoms. The minimum Gasteiger partial charge on any atom is -0.207 e. The van der Waals surface area contributed by atoms with Crippen LogP contribution in [0.3, 0.4) is 0 Å². The molecule has 0 aliphatic carbocycles. The van der Waals surface area contributed by atoms with Gasteiger partial charge in [-0.2, -0.15) is 0 Å². The maximum absolute atomic E-state index is 13.2. The number of hydrogen-bond acceptors (Lipinski definition) is 0.